The van der Waals surface area contributed by atoms with Crippen molar-refractivity contribution in [3.05, 3.63) is 65.7 Å². The lowest BCUT2D eigenvalue weighted by molar-refractivity contribution is -0.149. The number of para-hydroxylation sites is 1. The number of rotatable bonds is 6. The van der Waals surface area contributed by atoms with Crippen LogP contribution >= 0.6 is 12.6 Å². The number of Topliss-reactive ketones (excluding diaryl/α,β-unsaturated/α-hetero) is 1. The third-order valence-corrected chi connectivity index (χ3v) is 5.40. The molecule has 28 heavy (non-hydrogen) atoms. The van der Waals surface area contributed by atoms with Gasteiger partial charge in [-0.1, -0.05) is 48.5 Å². The predicted octanol–water partition coefficient (Wildman–Crippen LogP) is 3.08. The molecule has 3 unspecified atom stereocenters. The third-order valence-electron chi connectivity index (χ3n) is 4.98. The quantitative estimate of drug-likeness (QED) is 0.513. The zero-order valence-electron chi connectivity index (χ0n) is 15.1. The maximum absolute atomic E-state index is 13.0. The van der Waals surface area contributed by atoms with Gasteiger partial charge in [0.1, 0.15) is 11.8 Å². The van der Waals surface area contributed by atoms with Crippen LogP contribution < -0.4 is 0 Å². The third kappa shape index (κ3) is 4.04. The Kier molecular flexibility index (Phi) is 6.04. The second-order valence-electron chi connectivity index (χ2n) is 6.76. The van der Waals surface area contributed by atoms with E-state index in [0.29, 0.717) is 17.5 Å². The molecule has 1 amide bonds. The molecular weight excluding hydrogens is 378 g/mol. The van der Waals surface area contributed by atoms with Crippen molar-refractivity contribution in [2.45, 2.75) is 36.6 Å². The number of hydrogen-bond donors (Lipinski definition) is 3. The van der Waals surface area contributed by atoms with E-state index in [1.165, 1.54) is 11.0 Å². The number of benzene rings is 2. The summed E-state index contributed by atoms with van der Waals surface area (Å²) in [6, 6.07) is 13.6. The van der Waals surface area contributed by atoms with E-state index in [0.717, 1.165) is 0 Å². The van der Waals surface area contributed by atoms with Gasteiger partial charge in [0, 0.05) is 17.5 Å². The van der Waals surface area contributed by atoms with E-state index in [1.54, 1.807) is 48.5 Å². The molecule has 2 aromatic carbocycles. The van der Waals surface area contributed by atoms with Gasteiger partial charge in [0.25, 0.3) is 0 Å². The van der Waals surface area contributed by atoms with Crippen molar-refractivity contribution in [2.24, 2.45) is 0 Å². The number of aromatic hydroxyl groups is 1. The molecule has 1 aliphatic heterocycles. The summed E-state index contributed by atoms with van der Waals surface area (Å²) in [5.74, 6) is -1.85. The van der Waals surface area contributed by atoms with Crippen molar-refractivity contribution < 1.29 is 24.6 Å². The summed E-state index contributed by atoms with van der Waals surface area (Å²) in [5.41, 5.74) is 0.952. The molecule has 1 heterocycles. The Balaban J connectivity index is 1.82. The Morgan fingerprint density at radius 1 is 1.04 bits per heavy atom. The van der Waals surface area contributed by atoms with E-state index >= 15 is 0 Å². The van der Waals surface area contributed by atoms with Crippen molar-refractivity contribution in [3.8, 4) is 5.75 Å². The highest BCUT2D eigenvalue weighted by molar-refractivity contribution is 7.81. The van der Waals surface area contributed by atoms with E-state index in [1.807, 2.05) is 0 Å². The molecule has 1 aliphatic rings. The van der Waals surface area contributed by atoms with Crippen molar-refractivity contribution in [2.75, 3.05) is 0 Å². The minimum Gasteiger partial charge on any atom is -0.508 e. The van der Waals surface area contributed by atoms with E-state index in [-0.39, 0.29) is 24.4 Å². The van der Waals surface area contributed by atoms with Gasteiger partial charge >= 0.3 is 5.97 Å². The van der Waals surface area contributed by atoms with Crippen molar-refractivity contribution >= 4 is 30.3 Å². The number of carbonyl (C=O) groups excluding carboxylic acids is 2. The SMILES string of the molecule is O=C(c1ccccc1)C(S)CC(=O)N1C(C(=O)O)CCC1c1ccccc1O. The molecule has 1 fully saturated rings. The number of carboxylic acids is 1. The summed E-state index contributed by atoms with van der Waals surface area (Å²) in [4.78, 5) is 38.4. The van der Waals surface area contributed by atoms with Gasteiger partial charge in [-0.15, -0.1) is 0 Å². The Bertz CT molecular complexity index is 885. The van der Waals surface area contributed by atoms with Gasteiger partial charge in [-0.2, -0.15) is 12.6 Å². The molecule has 0 bridgehead atoms. The van der Waals surface area contributed by atoms with Crippen LogP contribution in [0.2, 0.25) is 0 Å². The minimum absolute atomic E-state index is 0.0131. The lowest BCUT2D eigenvalue weighted by atomic mass is 10.0. The second-order valence-corrected chi connectivity index (χ2v) is 7.38. The van der Waals surface area contributed by atoms with Gasteiger partial charge in [-0.25, -0.2) is 4.79 Å². The summed E-state index contributed by atoms with van der Waals surface area (Å²) < 4.78 is 0. The molecule has 7 heteroatoms. The molecule has 0 aliphatic carbocycles. The summed E-state index contributed by atoms with van der Waals surface area (Å²) >= 11 is 4.29. The topological polar surface area (TPSA) is 94.9 Å². The number of carboxylic acid groups (broad SMARTS) is 1. The van der Waals surface area contributed by atoms with Crippen LogP contribution in [0, 0.1) is 0 Å². The first-order valence-corrected chi connectivity index (χ1v) is 9.51. The highest BCUT2D eigenvalue weighted by Gasteiger charge is 2.42. The number of carbonyl (C=O) groups is 3. The summed E-state index contributed by atoms with van der Waals surface area (Å²) in [5, 5.41) is 18.8. The van der Waals surface area contributed by atoms with Crippen molar-refractivity contribution in [3.63, 3.8) is 0 Å². The molecule has 0 spiro atoms. The molecule has 1 saturated heterocycles. The van der Waals surface area contributed by atoms with E-state index < -0.39 is 29.2 Å². The predicted molar refractivity (Wildman–Crippen MR) is 107 cm³/mol. The van der Waals surface area contributed by atoms with Crippen molar-refractivity contribution in [1.82, 2.24) is 4.90 Å². The Morgan fingerprint density at radius 2 is 1.68 bits per heavy atom. The molecule has 2 N–H and O–H groups in total. The van der Waals surface area contributed by atoms with Crippen LogP contribution in [0.4, 0.5) is 0 Å². The fourth-order valence-corrected chi connectivity index (χ4v) is 3.94. The van der Waals surface area contributed by atoms with E-state index in [2.05, 4.69) is 12.6 Å². The molecule has 0 saturated carbocycles. The maximum Gasteiger partial charge on any atom is 0.326 e. The summed E-state index contributed by atoms with van der Waals surface area (Å²) in [6.45, 7) is 0. The van der Waals surface area contributed by atoms with Crippen LogP contribution in [0.5, 0.6) is 5.75 Å². The zero-order valence-corrected chi connectivity index (χ0v) is 16.0. The first kappa shape index (κ1) is 19.9. The lowest BCUT2D eigenvalue weighted by Crippen LogP contribution is -2.43. The standard InChI is InChI=1S/C21H21NO5S/c23-17-9-5-4-8-14(17)15-10-11-16(21(26)27)22(15)19(24)12-18(28)20(25)13-6-2-1-3-7-13/h1-9,15-16,18,23,28H,10-12H2,(H,26,27). The lowest BCUT2D eigenvalue weighted by Gasteiger charge is -2.29. The molecule has 146 valence electrons. The molecule has 0 aromatic heterocycles. The monoisotopic (exact) mass is 399 g/mol. The average molecular weight is 399 g/mol. The molecule has 6 nitrogen and oxygen atoms in total. The highest BCUT2D eigenvalue weighted by Crippen LogP contribution is 2.40. The number of aliphatic carboxylic acids is 1. The number of likely N-dealkylation sites (tertiary alicyclic amines) is 1. The van der Waals surface area contributed by atoms with E-state index in [9.17, 15) is 24.6 Å². The smallest absolute Gasteiger partial charge is 0.326 e. The minimum atomic E-state index is -1.10. The second kappa shape index (κ2) is 8.48. The van der Waals surface area contributed by atoms with Gasteiger partial charge in [0.05, 0.1) is 11.3 Å². The normalized spacial score (nSPS) is 20.0. The first-order valence-electron chi connectivity index (χ1n) is 8.99. The number of thiol groups is 1. The number of ketones is 1. The van der Waals surface area contributed by atoms with Crippen LogP contribution in [-0.2, 0) is 9.59 Å². The van der Waals surface area contributed by atoms with Crippen LogP contribution in [0.25, 0.3) is 0 Å². The maximum atomic E-state index is 13.0. The van der Waals surface area contributed by atoms with Crippen LogP contribution in [-0.4, -0.2) is 44.1 Å². The number of hydrogen-bond acceptors (Lipinski definition) is 5. The molecule has 2 aromatic rings. The zero-order chi connectivity index (χ0) is 20.3. The largest absolute Gasteiger partial charge is 0.508 e. The molecule has 3 atom stereocenters. The van der Waals surface area contributed by atoms with Gasteiger partial charge in [0.2, 0.25) is 5.91 Å². The number of phenols is 1. The van der Waals surface area contributed by atoms with Gasteiger partial charge in [-0.05, 0) is 18.9 Å². The fourth-order valence-electron chi connectivity index (χ4n) is 3.63. The van der Waals surface area contributed by atoms with Gasteiger partial charge in [-0.3, -0.25) is 9.59 Å². The summed E-state index contributed by atoms with van der Waals surface area (Å²) in [7, 11) is 0. The van der Waals surface area contributed by atoms with Crippen LogP contribution in [0.3, 0.4) is 0 Å². The van der Waals surface area contributed by atoms with Gasteiger partial charge < -0.3 is 15.1 Å². The molecule has 3 rings (SSSR count). The van der Waals surface area contributed by atoms with Gasteiger partial charge in [0.15, 0.2) is 5.78 Å². The fraction of sp³-hybridized carbons (Fsp3) is 0.286. The summed E-state index contributed by atoms with van der Waals surface area (Å²) in [6.07, 6.45) is 0.485. The Labute approximate surface area is 168 Å². The molecule has 0 radical (unpaired) electrons. The Hall–Kier alpha value is -2.80. The first-order chi connectivity index (χ1) is 13.4. The number of nitrogens with zero attached hydrogens (tertiary/aromatic N) is 1. The number of amides is 1. The van der Waals surface area contributed by atoms with Crippen LogP contribution in [0.15, 0.2) is 54.6 Å². The molecular formula is C21H21NO5S. The number of phenolic OH excluding ortho intramolecular Hbond substituents is 1. The van der Waals surface area contributed by atoms with E-state index in [4.69, 9.17) is 0 Å². The Morgan fingerprint density at radius 3 is 2.32 bits per heavy atom. The van der Waals surface area contributed by atoms with Crippen LogP contribution in [0.1, 0.15) is 41.2 Å². The average Bonchev–Trinajstić information content (AvgIpc) is 3.13. The highest BCUT2D eigenvalue weighted by atomic mass is 32.1. The van der Waals surface area contributed by atoms with Crippen molar-refractivity contribution in [1.29, 1.82) is 0 Å².